The van der Waals surface area contributed by atoms with Gasteiger partial charge in [-0.15, -0.1) is 23.1 Å². The van der Waals surface area contributed by atoms with Crippen LogP contribution in [0.5, 0.6) is 0 Å². The SMILES string of the molecule is CSc1cc(Br)c(C)c2ccsc12. The first-order valence-electron chi connectivity index (χ1n) is 3.94. The minimum atomic E-state index is 1.21. The normalized spacial score (nSPS) is 11.0. The molecule has 0 aliphatic rings. The largest absolute Gasteiger partial charge is 0.143 e. The van der Waals surface area contributed by atoms with Crippen molar-refractivity contribution in [2.24, 2.45) is 0 Å². The molecule has 2 rings (SSSR count). The molecule has 0 aliphatic heterocycles. The Kier molecular flexibility index (Phi) is 2.67. The van der Waals surface area contributed by atoms with Gasteiger partial charge in [0.1, 0.15) is 0 Å². The summed E-state index contributed by atoms with van der Waals surface area (Å²) in [6, 6.07) is 4.40. The summed E-state index contributed by atoms with van der Waals surface area (Å²) in [5, 5.41) is 3.54. The van der Waals surface area contributed by atoms with Crippen molar-refractivity contribution in [3.8, 4) is 0 Å². The summed E-state index contributed by atoms with van der Waals surface area (Å²) in [5.41, 5.74) is 1.34. The van der Waals surface area contributed by atoms with Crippen LogP contribution in [0.2, 0.25) is 0 Å². The number of thiophene rings is 1. The van der Waals surface area contributed by atoms with Gasteiger partial charge in [-0.1, -0.05) is 15.9 Å². The van der Waals surface area contributed by atoms with Crippen LogP contribution in [0.3, 0.4) is 0 Å². The van der Waals surface area contributed by atoms with E-state index in [4.69, 9.17) is 0 Å². The number of thioether (sulfide) groups is 1. The minimum Gasteiger partial charge on any atom is -0.143 e. The van der Waals surface area contributed by atoms with Crippen molar-refractivity contribution in [3.05, 3.63) is 27.5 Å². The second-order valence-corrected chi connectivity index (χ2v) is 5.47. The predicted octanol–water partition coefficient (Wildman–Crippen LogP) is 4.69. The summed E-state index contributed by atoms with van der Waals surface area (Å²) in [7, 11) is 0. The number of hydrogen-bond acceptors (Lipinski definition) is 2. The number of benzene rings is 1. The van der Waals surface area contributed by atoms with Crippen molar-refractivity contribution in [2.45, 2.75) is 11.8 Å². The molecule has 68 valence electrons. The first-order chi connectivity index (χ1) is 6.24. The molecule has 0 fully saturated rings. The van der Waals surface area contributed by atoms with E-state index in [1.54, 1.807) is 11.8 Å². The van der Waals surface area contributed by atoms with Crippen LogP contribution in [0.1, 0.15) is 5.56 Å². The third-order valence-corrected chi connectivity index (χ3v) is 4.79. The topological polar surface area (TPSA) is 0 Å². The molecule has 0 N–H and O–H groups in total. The second-order valence-electron chi connectivity index (χ2n) is 2.85. The van der Waals surface area contributed by atoms with E-state index in [0.29, 0.717) is 0 Å². The number of aryl methyl sites for hydroxylation is 1. The summed E-state index contributed by atoms with van der Waals surface area (Å²) in [6.45, 7) is 2.16. The van der Waals surface area contributed by atoms with E-state index in [1.807, 2.05) is 11.3 Å². The lowest BCUT2D eigenvalue weighted by atomic mass is 10.1. The average Bonchev–Trinajstić information content (AvgIpc) is 2.60. The van der Waals surface area contributed by atoms with Gasteiger partial charge in [0.05, 0.1) is 0 Å². The zero-order valence-electron chi connectivity index (χ0n) is 7.43. The first kappa shape index (κ1) is 9.56. The fraction of sp³-hybridized carbons (Fsp3) is 0.200. The van der Waals surface area contributed by atoms with Gasteiger partial charge in [0.25, 0.3) is 0 Å². The number of halogens is 1. The monoisotopic (exact) mass is 272 g/mol. The fourth-order valence-corrected chi connectivity index (χ4v) is 3.75. The van der Waals surface area contributed by atoms with Gasteiger partial charge in [0.2, 0.25) is 0 Å². The molecular weight excluding hydrogens is 264 g/mol. The third-order valence-electron chi connectivity index (χ3n) is 2.13. The van der Waals surface area contributed by atoms with E-state index < -0.39 is 0 Å². The van der Waals surface area contributed by atoms with Crippen molar-refractivity contribution in [3.63, 3.8) is 0 Å². The molecule has 1 aromatic carbocycles. The zero-order chi connectivity index (χ0) is 9.42. The molecule has 1 aromatic heterocycles. The van der Waals surface area contributed by atoms with Gasteiger partial charge in [0.15, 0.2) is 0 Å². The van der Waals surface area contributed by atoms with Crippen LogP contribution in [-0.2, 0) is 0 Å². The molecule has 2 aromatic rings. The van der Waals surface area contributed by atoms with E-state index in [1.165, 1.54) is 25.0 Å². The molecule has 0 atom stereocenters. The minimum absolute atomic E-state index is 1.21. The Bertz CT molecular complexity index is 445. The van der Waals surface area contributed by atoms with Crippen molar-refractivity contribution < 1.29 is 0 Å². The molecule has 13 heavy (non-hydrogen) atoms. The van der Waals surface area contributed by atoms with Crippen LogP contribution in [0.4, 0.5) is 0 Å². The summed E-state index contributed by atoms with van der Waals surface area (Å²) in [6.07, 6.45) is 2.12. The number of rotatable bonds is 1. The predicted molar refractivity (Wildman–Crippen MR) is 66.0 cm³/mol. The van der Waals surface area contributed by atoms with Crippen molar-refractivity contribution >= 4 is 49.1 Å². The van der Waals surface area contributed by atoms with Gasteiger partial charge < -0.3 is 0 Å². The second kappa shape index (κ2) is 3.64. The summed E-state index contributed by atoms with van der Waals surface area (Å²) < 4.78 is 2.62. The van der Waals surface area contributed by atoms with Gasteiger partial charge in [0, 0.05) is 14.1 Å². The van der Waals surface area contributed by atoms with Crippen molar-refractivity contribution in [1.29, 1.82) is 0 Å². The highest BCUT2D eigenvalue weighted by Crippen LogP contribution is 2.36. The third kappa shape index (κ3) is 1.53. The van der Waals surface area contributed by atoms with Crippen LogP contribution in [0.15, 0.2) is 26.9 Å². The van der Waals surface area contributed by atoms with Crippen LogP contribution >= 0.6 is 39.0 Å². The lowest BCUT2D eigenvalue weighted by molar-refractivity contribution is 1.44. The Morgan fingerprint density at radius 2 is 2.23 bits per heavy atom. The molecule has 0 saturated heterocycles. The van der Waals surface area contributed by atoms with Crippen LogP contribution in [-0.4, -0.2) is 6.26 Å². The molecule has 0 unspecified atom stereocenters. The Balaban J connectivity index is 2.87. The fourth-order valence-electron chi connectivity index (χ4n) is 1.36. The van der Waals surface area contributed by atoms with Gasteiger partial charge in [-0.25, -0.2) is 0 Å². The summed E-state index contributed by atoms with van der Waals surface area (Å²) in [4.78, 5) is 1.36. The number of hydrogen-bond donors (Lipinski definition) is 0. The average molecular weight is 273 g/mol. The Morgan fingerprint density at radius 3 is 2.92 bits per heavy atom. The van der Waals surface area contributed by atoms with Gasteiger partial charge in [-0.3, -0.25) is 0 Å². The van der Waals surface area contributed by atoms with E-state index >= 15 is 0 Å². The maximum atomic E-state index is 3.58. The quantitative estimate of drug-likeness (QED) is 0.679. The van der Waals surface area contributed by atoms with Crippen LogP contribution in [0, 0.1) is 6.92 Å². The molecule has 3 heteroatoms. The van der Waals surface area contributed by atoms with Gasteiger partial charge in [-0.05, 0) is 41.6 Å². The van der Waals surface area contributed by atoms with Crippen molar-refractivity contribution in [2.75, 3.05) is 6.26 Å². The molecule has 1 heterocycles. The lowest BCUT2D eigenvalue weighted by Gasteiger charge is -2.04. The smallest absolute Gasteiger partial charge is 0.0481 e. The van der Waals surface area contributed by atoms with Crippen LogP contribution < -0.4 is 0 Å². The number of fused-ring (bicyclic) bond motifs is 1. The molecule has 0 saturated carbocycles. The Hall–Kier alpha value is 0.01000. The van der Waals surface area contributed by atoms with E-state index in [9.17, 15) is 0 Å². The van der Waals surface area contributed by atoms with E-state index in [2.05, 4.69) is 46.6 Å². The van der Waals surface area contributed by atoms with Crippen molar-refractivity contribution in [1.82, 2.24) is 0 Å². The molecule has 0 amide bonds. The maximum Gasteiger partial charge on any atom is 0.0481 e. The summed E-state index contributed by atoms with van der Waals surface area (Å²) >= 11 is 7.21. The van der Waals surface area contributed by atoms with Gasteiger partial charge >= 0.3 is 0 Å². The molecule has 0 spiro atoms. The Morgan fingerprint density at radius 1 is 1.46 bits per heavy atom. The van der Waals surface area contributed by atoms with Gasteiger partial charge in [-0.2, -0.15) is 0 Å². The zero-order valence-corrected chi connectivity index (χ0v) is 10.6. The lowest BCUT2D eigenvalue weighted by Crippen LogP contribution is -1.79. The van der Waals surface area contributed by atoms with Crippen LogP contribution in [0.25, 0.3) is 10.1 Å². The molecular formula is C10H9BrS2. The molecule has 0 bridgehead atoms. The highest BCUT2D eigenvalue weighted by Gasteiger charge is 2.07. The van der Waals surface area contributed by atoms with E-state index in [0.717, 1.165) is 0 Å². The molecule has 0 radical (unpaired) electrons. The maximum absolute atomic E-state index is 3.58. The summed E-state index contributed by atoms with van der Waals surface area (Å²) in [5.74, 6) is 0. The first-order valence-corrected chi connectivity index (χ1v) is 6.84. The molecule has 0 nitrogen and oxygen atoms in total. The highest BCUT2D eigenvalue weighted by molar-refractivity contribution is 9.10. The standard InChI is InChI=1S/C10H9BrS2/c1-6-7-3-4-13-10(7)9(12-2)5-8(6)11/h3-5H,1-2H3. The highest BCUT2D eigenvalue weighted by atomic mass is 79.9. The molecule has 0 aliphatic carbocycles. The van der Waals surface area contributed by atoms with E-state index in [-0.39, 0.29) is 0 Å². The Labute approximate surface area is 94.5 Å².